The first-order valence-electron chi connectivity index (χ1n) is 8.22. The van der Waals surface area contributed by atoms with Crippen molar-refractivity contribution in [1.82, 2.24) is 14.8 Å². The van der Waals surface area contributed by atoms with Gasteiger partial charge in [-0.1, -0.05) is 0 Å². The van der Waals surface area contributed by atoms with E-state index >= 15 is 0 Å². The molecule has 2 aromatic rings. The van der Waals surface area contributed by atoms with Crippen molar-refractivity contribution in [2.24, 2.45) is 0 Å². The Bertz CT molecular complexity index is 807. The topological polar surface area (TPSA) is 67.0 Å². The van der Waals surface area contributed by atoms with Crippen LogP contribution >= 0.6 is 15.9 Å². The number of nitrogens with zero attached hydrogens (tertiary/aromatic N) is 5. The van der Waals surface area contributed by atoms with Gasteiger partial charge in [0.15, 0.2) is 4.60 Å². The van der Waals surface area contributed by atoms with E-state index in [0.29, 0.717) is 13.2 Å². The van der Waals surface area contributed by atoms with Gasteiger partial charge in [0.2, 0.25) is 0 Å². The first kappa shape index (κ1) is 17.2. The summed E-state index contributed by atoms with van der Waals surface area (Å²) in [6.45, 7) is 11.0. The molecule has 2 aromatic heterocycles. The van der Waals surface area contributed by atoms with Gasteiger partial charge in [-0.25, -0.2) is 4.98 Å². The number of nitriles is 1. The molecule has 0 spiro atoms. The molecule has 1 fully saturated rings. The number of hydrogen-bond acceptors (Lipinski definition) is 5. The molecule has 7 heteroatoms. The van der Waals surface area contributed by atoms with E-state index in [4.69, 9.17) is 9.72 Å². The largest absolute Gasteiger partial charge is 0.377 e. The highest BCUT2D eigenvalue weighted by molar-refractivity contribution is 9.10. The number of ether oxygens (including phenoxy) is 1. The molecule has 1 saturated heterocycles. The van der Waals surface area contributed by atoms with Crippen LogP contribution in [0.1, 0.15) is 33.3 Å². The molecule has 0 saturated carbocycles. The lowest BCUT2D eigenvalue weighted by atomic mass is 9.85. The molecule has 6 nitrogen and oxygen atoms in total. The Labute approximate surface area is 150 Å². The van der Waals surface area contributed by atoms with Gasteiger partial charge in [0.1, 0.15) is 11.3 Å². The van der Waals surface area contributed by atoms with Crippen LogP contribution in [-0.4, -0.2) is 40.6 Å². The summed E-state index contributed by atoms with van der Waals surface area (Å²) in [5.41, 5.74) is 2.08. The van der Waals surface area contributed by atoms with E-state index in [-0.39, 0.29) is 6.04 Å². The smallest absolute Gasteiger partial charge is 0.154 e. The average Bonchev–Trinajstić information content (AvgIpc) is 2.90. The second kappa shape index (κ2) is 6.34. The van der Waals surface area contributed by atoms with Crippen LogP contribution in [0.2, 0.25) is 0 Å². The van der Waals surface area contributed by atoms with E-state index < -0.39 is 5.41 Å². The molecule has 1 atom stereocenters. The molecular weight excluding hydrogens is 370 g/mol. The summed E-state index contributed by atoms with van der Waals surface area (Å²) < 4.78 is 8.17. The SMILES string of the molecule is CCn1nc(Br)c2nc(N3CCOC[C@H]3C)cc(C(C)(C)C#N)c21. The van der Waals surface area contributed by atoms with E-state index in [1.54, 1.807) is 0 Å². The van der Waals surface area contributed by atoms with E-state index in [1.807, 2.05) is 31.5 Å². The summed E-state index contributed by atoms with van der Waals surface area (Å²) in [6.07, 6.45) is 0. The summed E-state index contributed by atoms with van der Waals surface area (Å²) in [4.78, 5) is 7.10. The molecule has 3 rings (SSSR count). The second-order valence-corrected chi connectivity index (χ2v) is 7.44. The number of aryl methyl sites for hydroxylation is 1. The van der Waals surface area contributed by atoms with Crippen molar-refractivity contribution in [3.8, 4) is 6.07 Å². The van der Waals surface area contributed by atoms with Crippen LogP contribution in [0.4, 0.5) is 5.82 Å². The predicted molar refractivity (Wildman–Crippen MR) is 97.2 cm³/mol. The van der Waals surface area contributed by atoms with Crippen LogP contribution in [0.3, 0.4) is 0 Å². The average molecular weight is 392 g/mol. The number of hydrogen-bond donors (Lipinski definition) is 0. The van der Waals surface area contributed by atoms with Gasteiger partial charge in [0.25, 0.3) is 0 Å². The normalized spacial score (nSPS) is 18.8. The van der Waals surface area contributed by atoms with Crippen LogP contribution in [0.5, 0.6) is 0 Å². The Morgan fingerprint density at radius 1 is 1.50 bits per heavy atom. The fourth-order valence-electron chi connectivity index (χ4n) is 3.11. The van der Waals surface area contributed by atoms with Crippen molar-refractivity contribution in [2.75, 3.05) is 24.7 Å². The van der Waals surface area contributed by atoms with E-state index in [1.165, 1.54) is 0 Å². The summed E-state index contributed by atoms with van der Waals surface area (Å²) in [5.74, 6) is 0.882. The highest BCUT2D eigenvalue weighted by Crippen LogP contribution is 2.35. The number of aromatic nitrogens is 3. The Balaban J connectivity index is 2.27. The third-order valence-corrected chi connectivity index (χ3v) is 5.09. The maximum Gasteiger partial charge on any atom is 0.154 e. The molecule has 1 aliphatic rings. The zero-order chi connectivity index (χ0) is 17.5. The highest BCUT2D eigenvalue weighted by Gasteiger charge is 2.29. The zero-order valence-corrected chi connectivity index (χ0v) is 16.1. The number of fused-ring (bicyclic) bond motifs is 1. The molecule has 0 aromatic carbocycles. The molecular formula is C17H22BrN5O. The Hall–Kier alpha value is -1.65. The third-order valence-electron chi connectivity index (χ3n) is 4.56. The van der Waals surface area contributed by atoms with Crippen molar-refractivity contribution in [2.45, 2.75) is 45.7 Å². The molecule has 0 amide bonds. The molecule has 0 unspecified atom stereocenters. The molecule has 24 heavy (non-hydrogen) atoms. The van der Waals surface area contributed by atoms with E-state index in [0.717, 1.165) is 40.1 Å². The first-order valence-corrected chi connectivity index (χ1v) is 9.01. The molecule has 0 N–H and O–H groups in total. The van der Waals surface area contributed by atoms with Gasteiger partial charge in [-0.15, -0.1) is 0 Å². The number of pyridine rings is 1. The number of halogens is 1. The maximum atomic E-state index is 9.69. The van der Waals surface area contributed by atoms with Gasteiger partial charge in [-0.2, -0.15) is 10.4 Å². The number of morpholine rings is 1. The first-order chi connectivity index (χ1) is 11.4. The van der Waals surface area contributed by atoms with Gasteiger partial charge in [0.05, 0.1) is 36.3 Å². The monoisotopic (exact) mass is 391 g/mol. The van der Waals surface area contributed by atoms with Crippen LogP contribution in [0, 0.1) is 11.3 Å². The lowest BCUT2D eigenvalue weighted by Gasteiger charge is -2.35. The molecule has 0 aliphatic carbocycles. The van der Waals surface area contributed by atoms with Crippen molar-refractivity contribution >= 4 is 32.8 Å². The van der Waals surface area contributed by atoms with Crippen molar-refractivity contribution in [3.05, 3.63) is 16.2 Å². The fraction of sp³-hybridized carbons (Fsp3) is 0.588. The molecule has 3 heterocycles. The third kappa shape index (κ3) is 2.78. The van der Waals surface area contributed by atoms with Gasteiger partial charge >= 0.3 is 0 Å². The second-order valence-electron chi connectivity index (χ2n) is 6.69. The Morgan fingerprint density at radius 2 is 2.25 bits per heavy atom. The predicted octanol–water partition coefficient (Wildman–Crippen LogP) is 3.24. The maximum absolute atomic E-state index is 9.69. The van der Waals surface area contributed by atoms with E-state index in [9.17, 15) is 5.26 Å². The van der Waals surface area contributed by atoms with Gasteiger partial charge in [-0.05, 0) is 49.7 Å². The van der Waals surface area contributed by atoms with Gasteiger partial charge in [0, 0.05) is 18.7 Å². The molecule has 0 radical (unpaired) electrons. The van der Waals surface area contributed by atoms with Gasteiger partial charge in [-0.3, -0.25) is 4.68 Å². The summed E-state index contributed by atoms with van der Waals surface area (Å²) >= 11 is 3.53. The molecule has 1 aliphatic heterocycles. The summed E-state index contributed by atoms with van der Waals surface area (Å²) in [6, 6.07) is 4.73. The van der Waals surface area contributed by atoms with Crippen LogP contribution < -0.4 is 4.90 Å². The van der Waals surface area contributed by atoms with Crippen molar-refractivity contribution < 1.29 is 4.74 Å². The van der Waals surface area contributed by atoms with Crippen molar-refractivity contribution in [3.63, 3.8) is 0 Å². The molecule has 128 valence electrons. The quantitative estimate of drug-likeness (QED) is 0.802. The lowest BCUT2D eigenvalue weighted by molar-refractivity contribution is 0.0985. The number of rotatable bonds is 3. The zero-order valence-electron chi connectivity index (χ0n) is 14.5. The molecule has 0 bridgehead atoms. The van der Waals surface area contributed by atoms with Gasteiger partial charge < -0.3 is 9.64 Å². The Kier molecular flexibility index (Phi) is 4.54. The highest BCUT2D eigenvalue weighted by atomic mass is 79.9. The summed E-state index contributed by atoms with van der Waals surface area (Å²) in [7, 11) is 0. The minimum absolute atomic E-state index is 0.252. The van der Waals surface area contributed by atoms with E-state index in [2.05, 4.69) is 38.9 Å². The van der Waals surface area contributed by atoms with Crippen molar-refractivity contribution in [1.29, 1.82) is 5.26 Å². The standard InChI is InChI=1S/C17H22BrN5O/c1-5-23-15-12(17(3,4)10-19)8-13(20-14(15)16(18)21-23)22-6-7-24-9-11(22)2/h8,11H,5-7,9H2,1-4H3/t11-/m1/s1. The minimum Gasteiger partial charge on any atom is -0.377 e. The Morgan fingerprint density at radius 3 is 2.88 bits per heavy atom. The minimum atomic E-state index is -0.627. The fourth-order valence-corrected chi connectivity index (χ4v) is 3.58. The summed E-state index contributed by atoms with van der Waals surface area (Å²) in [5, 5.41) is 14.2. The van der Waals surface area contributed by atoms with Crippen LogP contribution in [0.25, 0.3) is 11.0 Å². The lowest BCUT2D eigenvalue weighted by Crippen LogP contribution is -2.44. The van der Waals surface area contributed by atoms with Crippen LogP contribution in [0.15, 0.2) is 10.7 Å². The number of anilines is 1. The van der Waals surface area contributed by atoms with Crippen LogP contribution in [-0.2, 0) is 16.7 Å².